The lowest BCUT2D eigenvalue weighted by Gasteiger charge is -2.26. The van der Waals surface area contributed by atoms with E-state index >= 15 is 0 Å². The molecule has 38 heavy (non-hydrogen) atoms. The highest BCUT2D eigenvalue weighted by Gasteiger charge is 2.25. The summed E-state index contributed by atoms with van der Waals surface area (Å²) in [4.78, 5) is 2.45. The highest BCUT2D eigenvalue weighted by Crippen LogP contribution is 2.42. The van der Waals surface area contributed by atoms with E-state index in [-0.39, 0.29) is 17.3 Å². The molecule has 196 valence electrons. The number of ether oxygens (including phenoxy) is 2. The van der Waals surface area contributed by atoms with Gasteiger partial charge in [0.05, 0.1) is 11.5 Å². The molecule has 4 aromatic carbocycles. The summed E-state index contributed by atoms with van der Waals surface area (Å²) in [6.07, 6.45) is 3.87. The number of aromatic hydroxyl groups is 1. The van der Waals surface area contributed by atoms with Crippen LogP contribution in [0.1, 0.15) is 30.4 Å². The Labute approximate surface area is 223 Å². The van der Waals surface area contributed by atoms with Crippen molar-refractivity contribution in [2.75, 3.05) is 26.2 Å². The van der Waals surface area contributed by atoms with Crippen molar-refractivity contribution in [3.8, 4) is 34.1 Å². The van der Waals surface area contributed by atoms with Gasteiger partial charge in [0.15, 0.2) is 9.84 Å². The predicted molar refractivity (Wildman–Crippen MR) is 150 cm³/mol. The zero-order valence-corrected chi connectivity index (χ0v) is 22.0. The average Bonchev–Trinajstić information content (AvgIpc) is 3.23. The summed E-state index contributed by atoms with van der Waals surface area (Å²) < 4.78 is 36.8. The van der Waals surface area contributed by atoms with Gasteiger partial charge in [0.1, 0.15) is 29.6 Å². The molecular weight excluding hydrogens is 498 g/mol. The van der Waals surface area contributed by atoms with Gasteiger partial charge in [0.2, 0.25) is 0 Å². The number of rotatable bonds is 7. The van der Waals surface area contributed by atoms with Crippen LogP contribution in [0.3, 0.4) is 0 Å². The summed E-state index contributed by atoms with van der Waals surface area (Å²) in [5.74, 6) is 2.46. The molecule has 0 radical (unpaired) electrons. The van der Waals surface area contributed by atoms with Crippen LogP contribution in [0.25, 0.3) is 21.9 Å². The van der Waals surface area contributed by atoms with Crippen LogP contribution in [0.5, 0.6) is 23.0 Å². The van der Waals surface area contributed by atoms with Gasteiger partial charge in [-0.1, -0.05) is 24.6 Å². The van der Waals surface area contributed by atoms with Crippen molar-refractivity contribution in [3.63, 3.8) is 0 Å². The molecule has 4 aromatic rings. The number of nitrogens with zero attached hydrogens (tertiary/aromatic N) is 1. The normalized spacial score (nSPS) is 16.8. The van der Waals surface area contributed by atoms with E-state index in [4.69, 9.17) is 9.47 Å². The summed E-state index contributed by atoms with van der Waals surface area (Å²) in [5, 5.41) is 11.7. The van der Waals surface area contributed by atoms with Crippen molar-refractivity contribution in [1.29, 1.82) is 0 Å². The first-order valence-corrected chi connectivity index (χ1v) is 15.0. The van der Waals surface area contributed by atoms with Gasteiger partial charge in [-0.25, -0.2) is 8.42 Å². The van der Waals surface area contributed by atoms with Crippen LogP contribution in [0.2, 0.25) is 0 Å². The number of hydrogen-bond acceptors (Lipinski definition) is 6. The van der Waals surface area contributed by atoms with Crippen molar-refractivity contribution in [1.82, 2.24) is 4.90 Å². The second-order valence-electron chi connectivity index (χ2n) is 10.2. The monoisotopic (exact) mass is 529 g/mol. The minimum absolute atomic E-state index is 0.0625. The largest absolute Gasteiger partial charge is 0.508 e. The number of phenols is 1. The Hall–Kier alpha value is -3.55. The molecule has 0 amide bonds. The quantitative estimate of drug-likeness (QED) is 0.303. The average molecular weight is 530 g/mol. The summed E-state index contributed by atoms with van der Waals surface area (Å²) >= 11 is 0. The number of likely N-dealkylation sites (tertiary alicyclic amines) is 1. The van der Waals surface area contributed by atoms with Crippen LogP contribution >= 0.6 is 0 Å². The lowest BCUT2D eigenvalue weighted by Crippen LogP contribution is -2.33. The van der Waals surface area contributed by atoms with Crippen molar-refractivity contribution in [2.45, 2.75) is 30.8 Å². The maximum Gasteiger partial charge on any atom is 0.158 e. The van der Waals surface area contributed by atoms with Crippen LogP contribution in [-0.2, 0) is 21.3 Å². The van der Waals surface area contributed by atoms with Crippen LogP contribution < -0.4 is 9.47 Å². The molecule has 2 aliphatic rings. The van der Waals surface area contributed by atoms with Gasteiger partial charge in [-0.2, -0.15) is 0 Å². The fourth-order valence-corrected chi connectivity index (χ4v) is 7.02. The van der Waals surface area contributed by atoms with Gasteiger partial charge in [0.25, 0.3) is 0 Å². The SMILES string of the molecule is O=S1(=O)Cc2ccc(-c3ccc4cc(O)ccc4c3Oc3ccc(OCCN4CCCCC4)cc3)cc2C1. The number of sulfone groups is 1. The van der Waals surface area contributed by atoms with Crippen LogP contribution in [0.15, 0.2) is 72.8 Å². The van der Waals surface area contributed by atoms with E-state index < -0.39 is 9.84 Å². The Bertz CT molecular complexity index is 1570. The van der Waals surface area contributed by atoms with Crippen molar-refractivity contribution >= 4 is 20.6 Å². The Morgan fingerprint density at radius 2 is 1.55 bits per heavy atom. The maximum absolute atomic E-state index is 12.2. The molecule has 0 aromatic heterocycles. The Morgan fingerprint density at radius 3 is 2.37 bits per heavy atom. The third-order valence-corrected chi connectivity index (χ3v) is 8.89. The summed E-state index contributed by atoms with van der Waals surface area (Å²) in [6, 6.07) is 22.5. The maximum atomic E-state index is 12.2. The van der Waals surface area contributed by atoms with E-state index in [0.717, 1.165) is 58.4 Å². The molecule has 0 unspecified atom stereocenters. The molecule has 6 nitrogen and oxygen atoms in total. The topological polar surface area (TPSA) is 76.1 Å². The number of benzene rings is 4. The molecule has 2 aliphatic heterocycles. The first-order valence-electron chi connectivity index (χ1n) is 13.1. The molecule has 0 saturated carbocycles. The van der Waals surface area contributed by atoms with Gasteiger partial charge in [-0.3, -0.25) is 4.90 Å². The smallest absolute Gasteiger partial charge is 0.158 e. The third kappa shape index (κ3) is 5.35. The molecule has 1 saturated heterocycles. The van der Waals surface area contributed by atoms with E-state index in [9.17, 15) is 13.5 Å². The summed E-state index contributed by atoms with van der Waals surface area (Å²) in [5.41, 5.74) is 3.45. The van der Waals surface area contributed by atoms with E-state index in [1.165, 1.54) is 19.3 Å². The van der Waals surface area contributed by atoms with E-state index in [1.807, 2.05) is 60.7 Å². The Balaban J connectivity index is 1.27. The van der Waals surface area contributed by atoms with Gasteiger partial charge in [-0.05, 0) is 103 Å². The fraction of sp³-hybridized carbons (Fsp3) is 0.290. The molecule has 0 spiro atoms. The fourth-order valence-electron chi connectivity index (χ4n) is 5.42. The lowest BCUT2D eigenvalue weighted by molar-refractivity contribution is 0.183. The van der Waals surface area contributed by atoms with E-state index in [0.29, 0.717) is 18.1 Å². The standard InChI is InChI=1S/C31H31NO5S/c33-26-7-13-30-23(19-26)6-12-29(22-4-5-24-20-38(34,35)21-25(24)18-22)31(30)37-28-10-8-27(9-11-28)36-17-16-32-14-2-1-3-15-32/h4-13,18-19,33H,1-3,14-17,20-21H2. The predicted octanol–water partition coefficient (Wildman–Crippen LogP) is 6.30. The summed E-state index contributed by atoms with van der Waals surface area (Å²) in [6.45, 7) is 3.90. The zero-order valence-electron chi connectivity index (χ0n) is 21.2. The number of phenolic OH excluding ortho intramolecular Hbond substituents is 1. The summed E-state index contributed by atoms with van der Waals surface area (Å²) in [7, 11) is -3.09. The van der Waals surface area contributed by atoms with Crippen molar-refractivity contribution < 1.29 is 23.0 Å². The molecule has 6 rings (SSSR count). The number of fused-ring (bicyclic) bond motifs is 2. The van der Waals surface area contributed by atoms with Gasteiger partial charge < -0.3 is 14.6 Å². The highest BCUT2D eigenvalue weighted by atomic mass is 32.2. The first-order chi connectivity index (χ1) is 18.4. The van der Waals surface area contributed by atoms with Crippen molar-refractivity contribution in [2.24, 2.45) is 0 Å². The first kappa shape index (κ1) is 24.8. The Kier molecular flexibility index (Phi) is 6.72. The second-order valence-corrected chi connectivity index (χ2v) is 12.3. The van der Waals surface area contributed by atoms with Crippen LogP contribution in [0, 0.1) is 0 Å². The zero-order chi connectivity index (χ0) is 26.1. The molecule has 0 aliphatic carbocycles. The van der Waals surface area contributed by atoms with Gasteiger partial charge in [-0.15, -0.1) is 0 Å². The molecule has 1 N–H and O–H groups in total. The number of hydrogen-bond donors (Lipinski definition) is 1. The molecule has 0 bridgehead atoms. The molecule has 0 atom stereocenters. The highest BCUT2D eigenvalue weighted by molar-refractivity contribution is 7.90. The molecule has 7 heteroatoms. The molecule has 2 heterocycles. The van der Waals surface area contributed by atoms with Gasteiger partial charge >= 0.3 is 0 Å². The van der Waals surface area contributed by atoms with Crippen molar-refractivity contribution in [3.05, 3.63) is 83.9 Å². The van der Waals surface area contributed by atoms with Crippen LogP contribution in [0.4, 0.5) is 0 Å². The molecule has 1 fully saturated rings. The third-order valence-electron chi connectivity index (χ3n) is 7.39. The van der Waals surface area contributed by atoms with E-state index in [2.05, 4.69) is 4.90 Å². The Morgan fingerprint density at radius 1 is 0.789 bits per heavy atom. The minimum Gasteiger partial charge on any atom is -0.508 e. The second kappa shape index (κ2) is 10.3. The minimum atomic E-state index is -3.09. The molecular formula is C31H31NO5S. The lowest BCUT2D eigenvalue weighted by atomic mass is 9.96. The number of piperidine rings is 1. The van der Waals surface area contributed by atoms with E-state index in [1.54, 1.807) is 12.1 Å². The van der Waals surface area contributed by atoms with Gasteiger partial charge in [0, 0.05) is 17.5 Å². The van der Waals surface area contributed by atoms with Crippen LogP contribution in [-0.4, -0.2) is 44.7 Å².